The molecule has 0 spiro atoms. The van der Waals surface area contributed by atoms with Gasteiger partial charge >= 0.3 is 0 Å². The van der Waals surface area contributed by atoms with Gasteiger partial charge in [-0.3, -0.25) is 0 Å². The first-order valence-electron chi connectivity index (χ1n) is 6.79. The van der Waals surface area contributed by atoms with Crippen LogP contribution in [-0.2, 0) is 16.8 Å². The van der Waals surface area contributed by atoms with E-state index in [-0.39, 0.29) is 12.6 Å². The van der Waals surface area contributed by atoms with Crippen LogP contribution in [0.15, 0.2) is 47.1 Å². The number of nitrogens with zero attached hydrogens (tertiary/aromatic N) is 2. The van der Waals surface area contributed by atoms with Crippen LogP contribution in [0.1, 0.15) is 24.3 Å². The summed E-state index contributed by atoms with van der Waals surface area (Å²) in [4.78, 5) is 0. The molecule has 120 valence electrons. The lowest BCUT2D eigenvalue weighted by atomic mass is 10.2. The zero-order valence-corrected chi connectivity index (χ0v) is 14.3. The summed E-state index contributed by atoms with van der Waals surface area (Å²) in [6.07, 6.45) is 1.53. The van der Waals surface area contributed by atoms with Crippen molar-refractivity contribution in [2.75, 3.05) is 14.1 Å². The average molecular weight is 343 g/mol. The Morgan fingerprint density at radius 1 is 1.18 bits per heavy atom. The molecule has 0 saturated heterocycles. The predicted octanol–water partition coefficient (Wildman–Crippen LogP) is 3.30. The molecule has 22 heavy (non-hydrogen) atoms. The van der Waals surface area contributed by atoms with E-state index in [0.717, 1.165) is 5.56 Å². The van der Waals surface area contributed by atoms with E-state index in [2.05, 4.69) is 0 Å². The summed E-state index contributed by atoms with van der Waals surface area (Å²) in [6.45, 7) is 2.06. The van der Waals surface area contributed by atoms with Crippen LogP contribution in [0.2, 0.25) is 5.02 Å². The van der Waals surface area contributed by atoms with E-state index in [4.69, 9.17) is 16.0 Å². The van der Waals surface area contributed by atoms with Crippen molar-refractivity contribution in [3.63, 3.8) is 0 Å². The second-order valence-corrected chi connectivity index (χ2v) is 7.63. The van der Waals surface area contributed by atoms with Crippen LogP contribution in [0.4, 0.5) is 0 Å². The van der Waals surface area contributed by atoms with Crippen molar-refractivity contribution in [1.29, 1.82) is 0 Å². The smallest absolute Gasteiger partial charge is 0.282 e. The topological polar surface area (TPSA) is 53.8 Å². The standard InChI is InChI=1S/C15H19ClN2O3S/c1-12(15-5-4-10-21-15)18(3)22(19,20)17(2)11-13-6-8-14(16)9-7-13/h4-10,12H,11H2,1-3H3. The molecule has 0 radical (unpaired) electrons. The minimum absolute atomic E-state index is 0.273. The monoisotopic (exact) mass is 342 g/mol. The number of hydrogen-bond donors (Lipinski definition) is 0. The molecule has 7 heteroatoms. The Morgan fingerprint density at radius 3 is 2.36 bits per heavy atom. The van der Waals surface area contributed by atoms with E-state index in [0.29, 0.717) is 10.8 Å². The first kappa shape index (κ1) is 17.0. The zero-order valence-electron chi connectivity index (χ0n) is 12.7. The van der Waals surface area contributed by atoms with E-state index in [1.54, 1.807) is 45.3 Å². The number of rotatable bonds is 6. The van der Waals surface area contributed by atoms with Crippen LogP contribution >= 0.6 is 11.6 Å². The molecule has 0 amide bonds. The minimum Gasteiger partial charge on any atom is -0.468 e. The normalized spacial score (nSPS) is 13.7. The third kappa shape index (κ3) is 3.70. The average Bonchev–Trinajstić information content (AvgIpc) is 3.02. The summed E-state index contributed by atoms with van der Waals surface area (Å²) < 4.78 is 33.1. The van der Waals surface area contributed by atoms with Gasteiger partial charge in [0.2, 0.25) is 0 Å². The van der Waals surface area contributed by atoms with Crippen LogP contribution in [0.25, 0.3) is 0 Å². The molecule has 0 fully saturated rings. The van der Waals surface area contributed by atoms with Crippen LogP contribution in [0.5, 0.6) is 0 Å². The highest BCUT2D eigenvalue weighted by atomic mass is 35.5. The summed E-state index contributed by atoms with van der Waals surface area (Å²) in [6, 6.07) is 10.2. The highest BCUT2D eigenvalue weighted by Crippen LogP contribution is 2.24. The van der Waals surface area contributed by atoms with E-state index >= 15 is 0 Å². The molecule has 1 aromatic heterocycles. The Labute approximate surface area is 136 Å². The molecule has 0 aliphatic carbocycles. The molecule has 1 atom stereocenters. The number of halogens is 1. The highest BCUT2D eigenvalue weighted by molar-refractivity contribution is 7.86. The van der Waals surface area contributed by atoms with Gasteiger partial charge in [-0.25, -0.2) is 0 Å². The van der Waals surface area contributed by atoms with Crippen molar-refractivity contribution in [2.45, 2.75) is 19.5 Å². The number of furan rings is 1. The number of hydrogen-bond acceptors (Lipinski definition) is 3. The Morgan fingerprint density at radius 2 is 1.82 bits per heavy atom. The lowest BCUT2D eigenvalue weighted by Crippen LogP contribution is -2.40. The Kier molecular flexibility index (Phi) is 5.28. The maximum absolute atomic E-state index is 12.6. The third-order valence-electron chi connectivity index (χ3n) is 3.58. The van der Waals surface area contributed by atoms with Gasteiger partial charge in [-0.1, -0.05) is 23.7 Å². The molecule has 0 aliphatic rings. The maximum Gasteiger partial charge on any atom is 0.282 e. The minimum atomic E-state index is -3.60. The summed E-state index contributed by atoms with van der Waals surface area (Å²) >= 11 is 5.84. The summed E-state index contributed by atoms with van der Waals surface area (Å²) in [7, 11) is -0.505. The lowest BCUT2D eigenvalue weighted by molar-refractivity contribution is 0.312. The van der Waals surface area contributed by atoms with Crippen LogP contribution < -0.4 is 0 Å². The zero-order chi connectivity index (χ0) is 16.3. The van der Waals surface area contributed by atoms with Gasteiger partial charge in [0.15, 0.2) is 0 Å². The molecule has 1 heterocycles. The SMILES string of the molecule is CC(c1ccco1)N(C)S(=O)(=O)N(C)Cc1ccc(Cl)cc1. The van der Waals surface area contributed by atoms with Gasteiger partial charge in [-0.05, 0) is 36.8 Å². The van der Waals surface area contributed by atoms with E-state index in [9.17, 15) is 8.42 Å². The lowest BCUT2D eigenvalue weighted by Gasteiger charge is -2.28. The van der Waals surface area contributed by atoms with E-state index in [1.807, 2.05) is 12.1 Å². The molecule has 0 saturated carbocycles. The quantitative estimate of drug-likeness (QED) is 0.809. The van der Waals surface area contributed by atoms with Crippen molar-refractivity contribution in [1.82, 2.24) is 8.61 Å². The molecule has 1 aromatic carbocycles. The fraction of sp³-hybridized carbons (Fsp3) is 0.333. The molecule has 1 unspecified atom stereocenters. The van der Waals surface area contributed by atoms with Gasteiger partial charge in [-0.15, -0.1) is 0 Å². The van der Waals surface area contributed by atoms with Crippen molar-refractivity contribution in [3.8, 4) is 0 Å². The molecular formula is C15H19ClN2O3S. The van der Waals surface area contributed by atoms with Crippen molar-refractivity contribution in [2.24, 2.45) is 0 Å². The molecule has 0 aliphatic heterocycles. The Bertz CT molecular complexity index is 699. The van der Waals surface area contributed by atoms with Crippen LogP contribution in [0.3, 0.4) is 0 Å². The summed E-state index contributed by atoms with van der Waals surface area (Å²) in [5, 5.41) is 0.623. The second-order valence-electron chi connectivity index (χ2n) is 5.10. The molecule has 5 nitrogen and oxygen atoms in total. The molecule has 2 rings (SSSR count). The molecule has 0 bridgehead atoms. The summed E-state index contributed by atoms with van der Waals surface area (Å²) in [5.41, 5.74) is 0.870. The predicted molar refractivity (Wildman–Crippen MR) is 86.7 cm³/mol. The van der Waals surface area contributed by atoms with E-state index in [1.165, 1.54) is 14.9 Å². The second kappa shape index (κ2) is 6.83. The summed E-state index contributed by atoms with van der Waals surface area (Å²) in [5.74, 6) is 0.603. The first-order chi connectivity index (χ1) is 10.3. The van der Waals surface area contributed by atoms with Crippen molar-refractivity contribution < 1.29 is 12.8 Å². The van der Waals surface area contributed by atoms with Gasteiger partial charge in [0.25, 0.3) is 10.2 Å². The fourth-order valence-corrected chi connectivity index (χ4v) is 3.44. The Balaban J connectivity index is 2.12. The fourth-order valence-electron chi connectivity index (χ4n) is 2.06. The van der Waals surface area contributed by atoms with Crippen molar-refractivity contribution in [3.05, 3.63) is 59.0 Å². The third-order valence-corrected chi connectivity index (χ3v) is 5.79. The van der Waals surface area contributed by atoms with E-state index < -0.39 is 10.2 Å². The van der Waals surface area contributed by atoms with Crippen LogP contribution in [-0.4, -0.2) is 31.1 Å². The number of benzene rings is 1. The van der Waals surface area contributed by atoms with Gasteiger partial charge in [0, 0.05) is 25.7 Å². The van der Waals surface area contributed by atoms with Gasteiger partial charge in [0.1, 0.15) is 5.76 Å². The molecule has 0 N–H and O–H groups in total. The van der Waals surface area contributed by atoms with Crippen LogP contribution in [0, 0.1) is 0 Å². The molecule has 2 aromatic rings. The highest BCUT2D eigenvalue weighted by Gasteiger charge is 2.29. The largest absolute Gasteiger partial charge is 0.468 e. The van der Waals surface area contributed by atoms with Gasteiger partial charge in [-0.2, -0.15) is 17.0 Å². The first-order valence-corrected chi connectivity index (χ1v) is 8.57. The van der Waals surface area contributed by atoms with Crippen molar-refractivity contribution >= 4 is 21.8 Å². The molecular weight excluding hydrogens is 324 g/mol. The maximum atomic E-state index is 12.6. The van der Waals surface area contributed by atoms with Gasteiger partial charge < -0.3 is 4.42 Å². The Hall–Kier alpha value is -1.34. The van der Waals surface area contributed by atoms with Gasteiger partial charge in [0.05, 0.1) is 12.3 Å².